The Kier molecular flexibility index (Phi) is 9.06. The van der Waals surface area contributed by atoms with E-state index < -0.39 is 17.7 Å². The van der Waals surface area contributed by atoms with Gasteiger partial charge in [0.2, 0.25) is 0 Å². The van der Waals surface area contributed by atoms with Crippen molar-refractivity contribution < 1.29 is 19.2 Å². The molecule has 2 aliphatic rings. The van der Waals surface area contributed by atoms with E-state index in [2.05, 4.69) is 0 Å². The van der Waals surface area contributed by atoms with Crippen LogP contribution in [-0.2, 0) is 0 Å². The number of imide groups is 1. The molecule has 2 amide bonds. The predicted octanol–water partition coefficient (Wildman–Crippen LogP) is 8.43. The van der Waals surface area contributed by atoms with E-state index in [0.29, 0.717) is 44.5 Å². The van der Waals surface area contributed by atoms with E-state index >= 15 is 0 Å². The fraction of sp³-hybridized carbons (Fsp3) is 0.194. The van der Waals surface area contributed by atoms with Crippen molar-refractivity contribution >= 4 is 50.7 Å². The van der Waals surface area contributed by atoms with Gasteiger partial charge in [0.15, 0.2) is 11.6 Å². The number of ketones is 2. The summed E-state index contributed by atoms with van der Waals surface area (Å²) < 4.78 is 0. The van der Waals surface area contributed by atoms with E-state index in [9.17, 15) is 19.2 Å². The van der Waals surface area contributed by atoms with Crippen molar-refractivity contribution in [2.24, 2.45) is 0 Å². The van der Waals surface area contributed by atoms with Crippen molar-refractivity contribution in [3.63, 3.8) is 0 Å². The van der Waals surface area contributed by atoms with Crippen LogP contribution < -0.4 is 4.90 Å². The van der Waals surface area contributed by atoms with E-state index in [-0.39, 0.29) is 11.6 Å². The average Bonchev–Trinajstić information content (AvgIpc) is 3.46. The first-order chi connectivity index (χ1) is 20.5. The van der Waals surface area contributed by atoms with Crippen molar-refractivity contribution in [2.45, 2.75) is 47.5 Å². The van der Waals surface area contributed by atoms with E-state index in [1.807, 2.05) is 71.9 Å². The first kappa shape index (κ1) is 30.0. The molecule has 0 fully saturated rings. The second-order valence-corrected chi connectivity index (χ2v) is 8.98. The van der Waals surface area contributed by atoms with Gasteiger partial charge in [0.1, 0.15) is 5.92 Å². The fourth-order valence-corrected chi connectivity index (χ4v) is 5.24. The number of nitrogens with zero attached hydrogens (tertiary/aromatic N) is 2. The van der Waals surface area contributed by atoms with Crippen LogP contribution in [0, 0.1) is 0 Å². The van der Waals surface area contributed by atoms with Crippen LogP contribution >= 0.6 is 0 Å². The molecule has 1 aromatic heterocycles. The molecule has 0 spiro atoms. The number of anilines is 1. The van der Waals surface area contributed by atoms with E-state index in [4.69, 9.17) is 4.98 Å². The van der Waals surface area contributed by atoms with Gasteiger partial charge in [-0.15, -0.1) is 0 Å². The third-order valence-electron chi connectivity index (χ3n) is 6.99. The van der Waals surface area contributed by atoms with E-state index in [0.717, 1.165) is 15.7 Å². The van der Waals surface area contributed by atoms with Crippen molar-refractivity contribution in [1.82, 2.24) is 4.98 Å². The zero-order valence-corrected chi connectivity index (χ0v) is 24.8. The summed E-state index contributed by atoms with van der Waals surface area (Å²) in [5, 5.41) is 2.46. The van der Waals surface area contributed by atoms with Crippen LogP contribution in [0.1, 0.15) is 94.6 Å². The van der Waals surface area contributed by atoms with Crippen LogP contribution in [0.4, 0.5) is 5.69 Å². The number of carbonyl (C=O) groups excluding carboxylic acids is 4. The minimum absolute atomic E-state index is 0.293. The average molecular weight is 559 g/mol. The second kappa shape index (κ2) is 12.7. The standard InChI is InChI=1S/C30H16N2O4.3C2H6/c33-27-21-14-17-6-1-2-7-18(17)15-22(21)28(34)25(27)23-13-12-16-8-5-11-24(26(16)31-23)32-29(35)19-9-3-4-10-20(19)30(32)36;3*1-2/h1-15,25H;3*1-2H3. The number of Topliss-reactive ketones (excluding diaryl/α,β-unsaturated/α-hetero) is 2. The van der Waals surface area contributed by atoms with Crippen molar-refractivity contribution in [3.05, 3.63) is 119 Å². The van der Waals surface area contributed by atoms with Gasteiger partial charge in [-0.3, -0.25) is 19.2 Å². The normalized spacial score (nSPS) is 13.5. The third-order valence-corrected chi connectivity index (χ3v) is 6.99. The first-order valence-corrected chi connectivity index (χ1v) is 14.5. The Morgan fingerprint density at radius 1 is 0.524 bits per heavy atom. The Bertz CT molecular complexity index is 1750. The lowest BCUT2D eigenvalue weighted by Gasteiger charge is -2.17. The molecular weight excluding hydrogens is 524 g/mol. The highest BCUT2D eigenvalue weighted by Crippen LogP contribution is 2.38. The van der Waals surface area contributed by atoms with Crippen LogP contribution in [0.15, 0.2) is 91.0 Å². The second-order valence-electron chi connectivity index (χ2n) is 8.98. The van der Waals surface area contributed by atoms with Gasteiger partial charge in [-0.2, -0.15) is 0 Å². The summed E-state index contributed by atoms with van der Waals surface area (Å²) in [4.78, 5) is 58.9. The SMILES string of the molecule is CC.CC.CC.O=C1c2cc3ccccc3cc2C(=O)C1c1ccc2cccc(N3C(=O)c4ccccc4C3=O)c2n1. The topological polar surface area (TPSA) is 84.4 Å². The molecule has 212 valence electrons. The van der Waals surface area contributed by atoms with Gasteiger partial charge in [-0.25, -0.2) is 9.88 Å². The monoisotopic (exact) mass is 558 g/mol. The van der Waals surface area contributed by atoms with Crippen LogP contribution in [0.2, 0.25) is 0 Å². The van der Waals surface area contributed by atoms with Crippen LogP contribution in [0.3, 0.4) is 0 Å². The van der Waals surface area contributed by atoms with Crippen LogP contribution in [-0.4, -0.2) is 28.4 Å². The van der Waals surface area contributed by atoms with E-state index in [1.54, 1.807) is 60.7 Å². The number of rotatable bonds is 2. The molecular formula is C36H34N2O4. The van der Waals surface area contributed by atoms with Crippen LogP contribution in [0.5, 0.6) is 0 Å². The Balaban J connectivity index is 0.000000637. The van der Waals surface area contributed by atoms with Crippen LogP contribution in [0.25, 0.3) is 21.7 Å². The summed E-state index contributed by atoms with van der Waals surface area (Å²) in [7, 11) is 0. The lowest BCUT2D eigenvalue weighted by atomic mass is 9.98. The predicted molar refractivity (Wildman–Crippen MR) is 169 cm³/mol. The maximum atomic E-state index is 13.4. The smallest absolute Gasteiger partial charge is 0.266 e. The number of benzene rings is 4. The summed E-state index contributed by atoms with van der Waals surface area (Å²) in [6, 6.07) is 26.4. The van der Waals surface area contributed by atoms with Gasteiger partial charge in [0.25, 0.3) is 11.8 Å². The quantitative estimate of drug-likeness (QED) is 0.160. The maximum absolute atomic E-state index is 13.4. The maximum Gasteiger partial charge on any atom is 0.266 e. The Morgan fingerprint density at radius 2 is 1.00 bits per heavy atom. The fourth-order valence-electron chi connectivity index (χ4n) is 5.24. The summed E-state index contributed by atoms with van der Waals surface area (Å²) >= 11 is 0. The molecule has 0 unspecified atom stereocenters. The molecule has 1 aliphatic carbocycles. The lowest BCUT2D eigenvalue weighted by Crippen LogP contribution is -2.29. The summed E-state index contributed by atoms with van der Waals surface area (Å²) in [5.74, 6) is -2.53. The van der Waals surface area contributed by atoms with E-state index in [1.165, 1.54) is 0 Å². The molecule has 6 nitrogen and oxygen atoms in total. The molecule has 0 bridgehead atoms. The molecule has 42 heavy (non-hydrogen) atoms. The van der Waals surface area contributed by atoms with Gasteiger partial charge < -0.3 is 0 Å². The molecule has 0 N–H and O–H groups in total. The molecule has 5 aromatic rings. The zero-order valence-electron chi connectivity index (χ0n) is 24.8. The van der Waals surface area contributed by atoms with Gasteiger partial charge in [0, 0.05) is 16.5 Å². The molecule has 7 rings (SSSR count). The number of fused-ring (bicyclic) bond motifs is 4. The molecule has 0 saturated heterocycles. The molecule has 0 saturated carbocycles. The number of aromatic nitrogens is 1. The zero-order chi connectivity index (χ0) is 30.6. The number of hydrogen-bond acceptors (Lipinski definition) is 5. The molecule has 6 heteroatoms. The summed E-state index contributed by atoms with van der Waals surface area (Å²) in [6.45, 7) is 12.0. The minimum Gasteiger partial charge on any atom is -0.293 e. The number of carbonyl (C=O) groups is 4. The number of hydrogen-bond donors (Lipinski definition) is 0. The summed E-state index contributed by atoms with van der Waals surface area (Å²) in [5.41, 5.74) is 2.44. The highest BCUT2D eigenvalue weighted by molar-refractivity contribution is 6.36. The largest absolute Gasteiger partial charge is 0.293 e. The Hall–Kier alpha value is -4.97. The van der Waals surface area contributed by atoms with Gasteiger partial charge in [-0.05, 0) is 47.2 Å². The van der Waals surface area contributed by atoms with Gasteiger partial charge >= 0.3 is 0 Å². The van der Waals surface area contributed by atoms with Crippen molar-refractivity contribution in [3.8, 4) is 0 Å². The lowest BCUT2D eigenvalue weighted by molar-refractivity contribution is 0.0882. The minimum atomic E-state index is -1.07. The molecule has 2 heterocycles. The third kappa shape index (κ3) is 4.79. The highest BCUT2D eigenvalue weighted by atomic mass is 16.2. The van der Waals surface area contributed by atoms with Crippen molar-refractivity contribution in [2.75, 3.05) is 4.90 Å². The highest BCUT2D eigenvalue weighted by Gasteiger charge is 2.41. The number of para-hydroxylation sites is 1. The first-order valence-electron chi connectivity index (χ1n) is 14.5. The number of amides is 2. The molecule has 0 atom stereocenters. The Labute approximate surface area is 246 Å². The molecule has 4 aromatic carbocycles. The van der Waals surface area contributed by atoms with Crippen molar-refractivity contribution in [1.29, 1.82) is 0 Å². The van der Waals surface area contributed by atoms with Gasteiger partial charge in [0.05, 0.1) is 28.0 Å². The number of pyridine rings is 1. The Morgan fingerprint density at radius 3 is 1.52 bits per heavy atom. The molecule has 0 radical (unpaired) electrons. The summed E-state index contributed by atoms with van der Waals surface area (Å²) in [6.07, 6.45) is 0. The molecule has 1 aliphatic heterocycles. The van der Waals surface area contributed by atoms with Gasteiger partial charge in [-0.1, -0.05) is 96.1 Å².